The second-order valence-electron chi connectivity index (χ2n) is 10.3. The van der Waals surface area contributed by atoms with Crippen molar-refractivity contribution < 1.29 is 35.8 Å². The molecule has 1 aliphatic rings. The van der Waals surface area contributed by atoms with Crippen LogP contribution in [0.5, 0.6) is 11.5 Å². The van der Waals surface area contributed by atoms with Gasteiger partial charge in [-0.1, -0.05) is 59.6 Å². The maximum absolute atomic E-state index is 13.8. The van der Waals surface area contributed by atoms with Gasteiger partial charge in [0.25, 0.3) is 0 Å². The summed E-state index contributed by atoms with van der Waals surface area (Å²) in [6.45, 7) is 0. The van der Waals surface area contributed by atoms with Crippen LogP contribution < -0.4 is 9.47 Å². The molecule has 0 saturated heterocycles. The summed E-state index contributed by atoms with van der Waals surface area (Å²) < 4.78 is 86.3. The molecule has 0 radical (unpaired) electrons. The number of para-hydroxylation sites is 1. The number of halogens is 8. The number of alkyl halides is 5. The number of hydrogen-bond donors (Lipinski definition) is 3. The lowest BCUT2D eigenvalue weighted by Crippen LogP contribution is -2.26. The van der Waals surface area contributed by atoms with E-state index in [9.17, 15) is 26.3 Å². The lowest BCUT2D eigenvalue weighted by atomic mass is 10.0. The van der Waals surface area contributed by atoms with Crippen LogP contribution in [0.2, 0.25) is 10.0 Å². The number of benzene rings is 3. The van der Waals surface area contributed by atoms with Gasteiger partial charge in [-0.3, -0.25) is 0 Å². The summed E-state index contributed by atoms with van der Waals surface area (Å²) in [7, 11) is 0. The van der Waals surface area contributed by atoms with Crippen molar-refractivity contribution in [2.45, 2.75) is 12.5 Å². The molecule has 4 heterocycles. The lowest BCUT2D eigenvalue weighted by Gasteiger charge is -2.10. The van der Waals surface area contributed by atoms with E-state index in [1.165, 1.54) is 30.7 Å². The number of aromatic amines is 3. The molecular weight excluding hydrogens is 721 g/mol. The average molecular weight is 739 g/mol. The molecule has 7 rings (SSSR count). The molecule has 256 valence electrons. The van der Waals surface area contributed by atoms with Gasteiger partial charge in [-0.05, 0) is 18.2 Å². The summed E-state index contributed by atoms with van der Waals surface area (Å²) in [5.41, 5.74) is 1.94. The van der Waals surface area contributed by atoms with Gasteiger partial charge in [0.1, 0.15) is 24.0 Å². The summed E-state index contributed by atoms with van der Waals surface area (Å²) in [6, 6.07) is 18.7. The molecule has 8 nitrogen and oxygen atoms in total. The minimum absolute atomic E-state index is 0.0393. The van der Waals surface area contributed by atoms with Crippen molar-refractivity contribution in [2.75, 3.05) is 0 Å². The van der Waals surface area contributed by atoms with E-state index in [0.717, 1.165) is 17.2 Å². The van der Waals surface area contributed by atoms with Gasteiger partial charge in [-0.15, -0.1) is 8.78 Å². The van der Waals surface area contributed by atoms with Crippen LogP contribution >= 0.6 is 23.2 Å². The zero-order valence-electron chi connectivity index (χ0n) is 25.3. The molecule has 16 heteroatoms. The number of hydrogen-bond acceptors (Lipinski definition) is 5. The van der Waals surface area contributed by atoms with Crippen LogP contribution in [-0.2, 0) is 6.18 Å². The van der Waals surface area contributed by atoms with E-state index in [4.69, 9.17) is 39.0 Å². The van der Waals surface area contributed by atoms with Crippen LogP contribution in [0.15, 0.2) is 91.8 Å². The van der Waals surface area contributed by atoms with Crippen molar-refractivity contribution >= 4 is 23.2 Å². The summed E-state index contributed by atoms with van der Waals surface area (Å²) in [6.07, 6.45) is 0.566. The Morgan fingerprint density at radius 2 is 1.08 bits per heavy atom. The fraction of sp³-hybridized carbons (Fsp3) is 0.0571. The minimum Gasteiger partial charge on any atom is -0.395 e. The first-order valence-corrected chi connectivity index (χ1v) is 15.0. The second kappa shape index (κ2) is 14.7. The fourth-order valence-corrected chi connectivity index (χ4v) is 5.29. The zero-order valence-corrected chi connectivity index (χ0v) is 26.9. The third-order valence-corrected chi connectivity index (χ3v) is 7.97. The van der Waals surface area contributed by atoms with Gasteiger partial charge < -0.3 is 24.4 Å². The molecule has 0 fully saturated rings. The third-order valence-electron chi connectivity index (χ3n) is 7.15. The molecule has 0 unspecified atom stereocenters. The molecule has 3 aromatic carbocycles. The lowest BCUT2D eigenvalue weighted by molar-refractivity contribution is -0.286. The minimum atomic E-state index is -4.76. The molecule has 3 N–H and O–H groups in total. The topological polar surface area (TPSA) is 137 Å². The number of aromatic nitrogens is 3. The Hall–Kier alpha value is -6.27. The largest absolute Gasteiger partial charge is 0.586 e. The van der Waals surface area contributed by atoms with Crippen LogP contribution in [0.4, 0.5) is 26.3 Å². The number of nitriles is 3. The average Bonchev–Trinajstić information content (AvgIpc) is 3.91. The van der Waals surface area contributed by atoms with Gasteiger partial charge in [-0.25, -0.2) is 4.39 Å². The Morgan fingerprint density at radius 3 is 1.63 bits per heavy atom. The second-order valence-corrected chi connectivity index (χ2v) is 11.0. The molecular formula is C35H18Cl2F6N6O2. The monoisotopic (exact) mass is 738 g/mol. The normalized spacial score (nSPS) is 12.3. The van der Waals surface area contributed by atoms with Gasteiger partial charge in [-0.2, -0.15) is 29.0 Å². The van der Waals surface area contributed by atoms with Crippen molar-refractivity contribution in [3.8, 4) is 63.1 Å². The number of nitrogens with zero attached hydrogens (tertiary/aromatic N) is 3. The van der Waals surface area contributed by atoms with Crippen molar-refractivity contribution in [2.24, 2.45) is 0 Å². The number of H-pyrrole nitrogens is 3. The van der Waals surface area contributed by atoms with Crippen molar-refractivity contribution in [3.05, 3.63) is 130 Å². The molecule has 51 heavy (non-hydrogen) atoms. The predicted molar refractivity (Wildman–Crippen MR) is 174 cm³/mol. The molecule has 0 amide bonds. The summed E-state index contributed by atoms with van der Waals surface area (Å²) in [5.74, 6) is -1.47. The van der Waals surface area contributed by atoms with E-state index >= 15 is 0 Å². The molecule has 6 aromatic rings. The van der Waals surface area contributed by atoms with E-state index in [0.29, 0.717) is 38.4 Å². The molecule has 0 bridgehead atoms. The zero-order chi connectivity index (χ0) is 36.9. The molecule has 0 atom stereocenters. The van der Waals surface area contributed by atoms with E-state index in [2.05, 4.69) is 30.5 Å². The van der Waals surface area contributed by atoms with Crippen LogP contribution in [0.3, 0.4) is 0 Å². The molecule has 0 aliphatic carbocycles. The van der Waals surface area contributed by atoms with Crippen LogP contribution in [-0.4, -0.2) is 21.2 Å². The highest BCUT2D eigenvalue weighted by molar-refractivity contribution is 6.43. The van der Waals surface area contributed by atoms with Crippen molar-refractivity contribution in [1.29, 1.82) is 15.8 Å². The maximum Gasteiger partial charge on any atom is 0.586 e. The SMILES string of the molecule is N#Cc1c[nH]cc1-c1cccc(C(F)(F)F)c1F.N#Cc1c[nH]cc1-c1cccc(Cl)c1Cl.N#Cc1c[nH]cc1-c1cccc2c1OC(F)(F)O2. The van der Waals surface area contributed by atoms with E-state index in [-0.39, 0.29) is 28.2 Å². The van der Waals surface area contributed by atoms with E-state index in [1.807, 2.05) is 12.1 Å². The Labute approximate surface area is 294 Å². The smallest absolute Gasteiger partial charge is 0.395 e. The number of ether oxygens (including phenoxy) is 2. The summed E-state index contributed by atoms with van der Waals surface area (Å²) >= 11 is 12.0. The molecule has 1 aliphatic heterocycles. The van der Waals surface area contributed by atoms with E-state index < -0.39 is 23.9 Å². The highest BCUT2D eigenvalue weighted by atomic mass is 35.5. The Kier molecular flexibility index (Phi) is 10.4. The first-order chi connectivity index (χ1) is 24.3. The molecule has 3 aromatic heterocycles. The Morgan fingerprint density at radius 1 is 0.608 bits per heavy atom. The van der Waals surface area contributed by atoms with Gasteiger partial charge >= 0.3 is 12.5 Å². The van der Waals surface area contributed by atoms with Crippen molar-refractivity contribution in [1.82, 2.24) is 15.0 Å². The van der Waals surface area contributed by atoms with Gasteiger partial charge in [0.2, 0.25) is 0 Å². The van der Waals surface area contributed by atoms with Crippen LogP contribution in [0.1, 0.15) is 22.3 Å². The summed E-state index contributed by atoms with van der Waals surface area (Å²) in [4.78, 5) is 8.19. The van der Waals surface area contributed by atoms with Crippen molar-refractivity contribution in [3.63, 3.8) is 0 Å². The quantitative estimate of drug-likeness (QED) is 0.155. The van der Waals surface area contributed by atoms with Crippen LogP contribution in [0.25, 0.3) is 33.4 Å². The number of fused-ring (bicyclic) bond motifs is 1. The van der Waals surface area contributed by atoms with Gasteiger partial charge in [0, 0.05) is 70.6 Å². The first kappa shape index (κ1) is 36.0. The number of rotatable bonds is 3. The molecule has 0 saturated carbocycles. The highest BCUT2D eigenvalue weighted by Crippen LogP contribution is 2.47. The summed E-state index contributed by atoms with van der Waals surface area (Å²) in [5, 5.41) is 27.5. The van der Waals surface area contributed by atoms with Gasteiger partial charge in [0.05, 0.1) is 32.3 Å². The van der Waals surface area contributed by atoms with Crippen LogP contribution in [0, 0.1) is 39.8 Å². The van der Waals surface area contributed by atoms with E-state index in [1.54, 1.807) is 48.9 Å². The molecule has 0 spiro atoms. The Bertz CT molecular complexity index is 2340. The van der Waals surface area contributed by atoms with Gasteiger partial charge in [0.15, 0.2) is 11.5 Å². The fourth-order valence-electron chi connectivity index (χ4n) is 4.89. The third kappa shape index (κ3) is 7.66. The Balaban J connectivity index is 0.000000149. The number of nitrogens with one attached hydrogen (secondary N) is 3. The standard InChI is InChI=1S/C12H6F4N2.C12H6F2N2O2.C11H6Cl2N2/c13-11-8(9-6-18-5-7(9)4-17)2-1-3-10(11)12(14,15)16;13-12(14)17-10-3-1-2-8(11(10)18-12)9-6-16-5-7(9)4-15;12-10-3-1-2-8(11(10)13)9-6-15-5-7(9)4-14/h1-3,5-6,18H;1-3,5-6,16H;1-3,5-6,15H. The highest BCUT2D eigenvalue weighted by Gasteiger charge is 2.44. The predicted octanol–water partition coefficient (Wildman–Crippen LogP) is 10.4. The first-order valence-electron chi connectivity index (χ1n) is 14.2. The maximum atomic E-state index is 13.8.